The molecular weight excluding hydrogens is 385 g/mol. The van der Waals surface area contributed by atoms with Crippen LogP contribution in [-0.2, 0) is 16.4 Å². The van der Waals surface area contributed by atoms with Gasteiger partial charge in [-0.05, 0) is 36.6 Å². The normalized spacial score (nSPS) is 11.2. The Hall–Kier alpha value is -1.63. The van der Waals surface area contributed by atoms with E-state index in [-0.39, 0.29) is 15.6 Å². The standard InChI is InChI=1S/C17H19Cl2NO4S/c1-23-16-11-17(24-2)15(10-14(16)19)20-25(21,22)13-7-5-12(6-8-13)4-3-9-18/h5-8,10-11,20H,3-4,9H2,1-2H3. The molecule has 0 atom stereocenters. The highest BCUT2D eigenvalue weighted by molar-refractivity contribution is 7.92. The minimum absolute atomic E-state index is 0.149. The van der Waals surface area contributed by atoms with E-state index in [1.165, 1.54) is 26.4 Å². The van der Waals surface area contributed by atoms with Gasteiger partial charge in [-0.15, -0.1) is 11.6 Å². The summed E-state index contributed by atoms with van der Waals surface area (Å²) >= 11 is 11.7. The monoisotopic (exact) mass is 403 g/mol. The Kier molecular flexibility index (Phi) is 6.81. The van der Waals surface area contributed by atoms with Gasteiger partial charge in [0.2, 0.25) is 0 Å². The lowest BCUT2D eigenvalue weighted by atomic mass is 10.1. The van der Waals surface area contributed by atoms with Crippen molar-refractivity contribution in [3.8, 4) is 11.5 Å². The molecule has 0 unspecified atom stereocenters. The predicted molar refractivity (Wildman–Crippen MR) is 101 cm³/mol. The van der Waals surface area contributed by atoms with Gasteiger partial charge in [-0.25, -0.2) is 8.42 Å². The third-order valence-corrected chi connectivity index (χ3v) is 5.50. The summed E-state index contributed by atoms with van der Waals surface area (Å²) in [6, 6.07) is 9.65. The topological polar surface area (TPSA) is 64.6 Å². The maximum atomic E-state index is 12.6. The predicted octanol–water partition coefficient (Wildman–Crippen LogP) is 4.33. The van der Waals surface area contributed by atoms with Crippen LogP contribution in [0.4, 0.5) is 5.69 Å². The van der Waals surface area contributed by atoms with Crippen molar-refractivity contribution in [3.05, 3.63) is 47.0 Å². The Bertz CT molecular complexity index is 823. The van der Waals surface area contributed by atoms with Crippen molar-refractivity contribution >= 4 is 38.9 Å². The average molecular weight is 404 g/mol. The van der Waals surface area contributed by atoms with Gasteiger partial charge in [0.05, 0.1) is 29.8 Å². The molecule has 2 rings (SSSR count). The molecule has 5 nitrogen and oxygen atoms in total. The second-order valence-corrected chi connectivity index (χ2v) is 7.70. The van der Waals surface area contributed by atoms with Crippen LogP contribution in [0.3, 0.4) is 0 Å². The van der Waals surface area contributed by atoms with Crippen LogP contribution in [0.5, 0.6) is 11.5 Å². The highest BCUT2D eigenvalue weighted by Gasteiger charge is 2.18. The van der Waals surface area contributed by atoms with E-state index in [2.05, 4.69) is 4.72 Å². The molecule has 0 aromatic heterocycles. The smallest absolute Gasteiger partial charge is 0.262 e. The number of methoxy groups -OCH3 is 2. The van der Waals surface area contributed by atoms with Crippen LogP contribution in [0.2, 0.25) is 5.02 Å². The summed E-state index contributed by atoms with van der Waals surface area (Å²) in [7, 11) is -0.870. The van der Waals surface area contributed by atoms with E-state index in [0.29, 0.717) is 17.4 Å². The van der Waals surface area contributed by atoms with E-state index in [1.807, 2.05) is 0 Å². The highest BCUT2D eigenvalue weighted by atomic mass is 35.5. The number of sulfonamides is 1. The van der Waals surface area contributed by atoms with Crippen molar-refractivity contribution in [2.75, 3.05) is 24.8 Å². The number of alkyl halides is 1. The molecule has 25 heavy (non-hydrogen) atoms. The summed E-state index contributed by atoms with van der Waals surface area (Å²) in [5.41, 5.74) is 1.27. The first-order valence-corrected chi connectivity index (χ1v) is 9.90. The minimum atomic E-state index is -3.78. The fourth-order valence-electron chi connectivity index (χ4n) is 2.25. The molecule has 0 spiro atoms. The third-order valence-electron chi connectivity index (χ3n) is 3.55. The molecule has 0 bridgehead atoms. The van der Waals surface area contributed by atoms with E-state index in [1.54, 1.807) is 24.3 Å². The Morgan fingerprint density at radius 3 is 2.24 bits per heavy atom. The summed E-state index contributed by atoms with van der Waals surface area (Å²) in [6.45, 7) is 0. The van der Waals surface area contributed by atoms with Gasteiger partial charge in [0, 0.05) is 11.9 Å². The average Bonchev–Trinajstić information content (AvgIpc) is 2.60. The number of ether oxygens (including phenoxy) is 2. The lowest BCUT2D eigenvalue weighted by Crippen LogP contribution is -2.13. The number of aryl methyl sites for hydroxylation is 1. The molecule has 2 aromatic carbocycles. The number of hydrogen-bond donors (Lipinski definition) is 1. The first-order valence-electron chi connectivity index (χ1n) is 7.50. The molecule has 0 heterocycles. The second-order valence-electron chi connectivity index (χ2n) is 5.23. The van der Waals surface area contributed by atoms with Crippen LogP contribution in [0.25, 0.3) is 0 Å². The number of benzene rings is 2. The SMILES string of the molecule is COc1cc(OC)c(NS(=O)(=O)c2ccc(CCCCl)cc2)cc1Cl. The lowest BCUT2D eigenvalue weighted by Gasteiger charge is -2.14. The van der Waals surface area contributed by atoms with Gasteiger partial charge in [-0.3, -0.25) is 4.72 Å². The van der Waals surface area contributed by atoms with Gasteiger partial charge in [-0.2, -0.15) is 0 Å². The van der Waals surface area contributed by atoms with E-state index < -0.39 is 10.0 Å². The first-order chi connectivity index (χ1) is 11.9. The largest absolute Gasteiger partial charge is 0.495 e. The van der Waals surface area contributed by atoms with E-state index in [9.17, 15) is 8.42 Å². The van der Waals surface area contributed by atoms with Crippen molar-refractivity contribution < 1.29 is 17.9 Å². The fraction of sp³-hybridized carbons (Fsp3) is 0.294. The van der Waals surface area contributed by atoms with E-state index >= 15 is 0 Å². The number of hydrogen-bond acceptors (Lipinski definition) is 4. The van der Waals surface area contributed by atoms with Crippen molar-refractivity contribution in [2.45, 2.75) is 17.7 Å². The van der Waals surface area contributed by atoms with Crippen LogP contribution in [-0.4, -0.2) is 28.5 Å². The zero-order chi connectivity index (χ0) is 18.4. The van der Waals surface area contributed by atoms with E-state index in [0.717, 1.165) is 18.4 Å². The summed E-state index contributed by atoms with van der Waals surface area (Å²) in [5, 5.41) is 0.275. The fourth-order valence-corrected chi connectivity index (χ4v) is 3.69. The van der Waals surface area contributed by atoms with Gasteiger partial charge in [0.15, 0.2) is 0 Å². The van der Waals surface area contributed by atoms with Crippen LogP contribution >= 0.6 is 23.2 Å². The molecule has 2 aromatic rings. The molecule has 0 amide bonds. The molecule has 0 fully saturated rings. The minimum Gasteiger partial charge on any atom is -0.495 e. The molecule has 0 aliphatic heterocycles. The maximum absolute atomic E-state index is 12.6. The molecule has 8 heteroatoms. The Morgan fingerprint density at radius 1 is 1.04 bits per heavy atom. The number of halogens is 2. The second kappa shape index (κ2) is 8.65. The van der Waals surface area contributed by atoms with Gasteiger partial charge >= 0.3 is 0 Å². The van der Waals surface area contributed by atoms with Crippen molar-refractivity contribution in [1.82, 2.24) is 0 Å². The molecule has 136 valence electrons. The molecule has 0 aliphatic carbocycles. The summed E-state index contributed by atoms with van der Waals surface area (Å²) in [6.07, 6.45) is 1.65. The number of nitrogens with one attached hydrogen (secondary N) is 1. The lowest BCUT2D eigenvalue weighted by molar-refractivity contribution is 0.396. The maximum Gasteiger partial charge on any atom is 0.262 e. The molecule has 0 radical (unpaired) electrons. The van der Waals surface area contributed by atoms with Crippen LogP contribution < -0.4 is 14.2 Å². The molecule has 0 saturated carbocycles. The molecule has 0 aliphatic rings. The van der Waals surface area contributed by atoms with Crippen LogP contribution in [0, 0.1) is 0 Å². The number of rotatable bonds is 8. The summed E-state index contributed by atoms with van der Waals surface area (Å²) < 4.78 is 38.0. The zero-order valence-electron chi connectivity index (χ0n) is 13.9. The van der Waals surface area contributed by atoms with Crippen LogP contribution in [0.1, 0.15) is 12.0 Å². The molecule has 1 N–H and O–H groups in total. The summed E-state index contributed by atoms with van der Waals surface area (Å²) in [5.74, 6) is 1.27. The molecular formula is C17H19Cl2NO4S. The Morgan fingerprint density at radius 2 is 1.68 bits per heavy atom. The highest BCUT2D eigenvalue weighted by Crippen LogP contribution is 2.36. The number of anilines is 1. The van der Waals surface area contributed by atoms with Gasteiger partial charge in [0.1, 0.15) is 11.5 Å². The third kappa shape index (κ3) is 4.93. The van der Waals surface area contributed by atoms with Gasteiger partial charge < -0.3 is 9.47 Å². The van der Waals surface area contributed by atoms with Crippen LogP contribution in [0.15, 0.2) is 41.3 Å². The van der Waals surface area contributed by atoms with Crippen molar-refractivity contribution in [3.63, 3.8) is 0 Å². The van der Waals surface area contributed by atoms with E-state index in [4.69, 9.17) is 32.7 Å². The van der Waals surface area contributed by atoms with Gasteiger partial charge in [0.25, 0.3) is 10.0 Å². The Labute approximate surface area is 157 Å². The van der Waals surface area contributed by atoms with Crippen molar-refractivity contribution in [1.29, 1.82) is 0 Å². The van der Waals surface area contributed by atoms with Gasteiger partial charge in [-0.1, -0.05) is 23.7 Å². The zero-order valence-corrected chi connectivity index (χ0v) is 16.2. The van der Waals surface area contributed by atoms with Crippen molar-refractivity contribution in [2.24, 2.45) is 0 Å². The quantitative estimate of drug-likeness (QED) is 0.666. The summed E-state index contributed by atoms with van der Waals surface area (Å²) in [4.78, 5) is 0.149. The first kappa shape index (κ1) is 19.7. The molecule has 0 saturated heterocycles. The Balaban J connectivity index is 2.28.